The van der Waals surface area contributed by atoms with Crippen molar-refractivity contribution in [1.82, 2.24) is 5.32 Å². The van der Waals surface area contributed by atoms with Gasteiger partial charge in [-0.3, -0.25) is 10.1 Å². The van der Waals surface area contributed by atoms with Crippen molar-refractivity contribution in [2.45, 2.75) is 25.0 Å². The fourth-order valence-electron chi connectivity index (χ4n) is 2.14. The van der Waals surface area contributed by atoms with Gasteiger partial charge in [-0.05, 0) is 30.5 Å². The molecule has 2 rings (SSSR count). The van der Waals surface area contributed by atoms with Gasteiger partial charge in [-0.15, -0.1) is 0 Å². The number of carbonyl (C=O) groups is 1. The molecule has 7 heteroatoms. The first-order chi connectivity index (χ1) is 9.49. The van der Waals surface area contributed by atoms with Crippen LogP contribution in [0.4, 0.5) is 13.2 Å². The third kappa shape index (κ3) is 3.29. The van der Waals surface area contributed by atoms with Gasteiger partial charge in [0.2, 0.25) is 0 Å². The Balaban J connectivity index is 2.13. The zero-order valence-electron chi connectivity index (χ0n) is 10.5. The molecular weight excluding hydrogens is 275 g/mol. The van der Waals surface area contributed by atoms with Crippen molar-refractivity contribution in [3.8, 4) is 0 Å². The lowest BCUT2D eigenvalue weighted by Gasteiger charge is -2.18. The first-order valence-corrected chi connectivity index (χ1v) is 6.21. The second-order valence-corrected chi connectivity index (χ2v) is 4.61. The number of hydrogen-bond acceptors (Lipinski definition) is 3. The highest BCUT2D eigenvalue weighted by Crippen LogP contribution is 2.20. The van der Waals surface area contributed by atoms with Gasteiger partial charge in [-0.25, -0.2) is 13.2 Å². The van der Waals surface area contributed by atoms with E-state index in [1.807, 2.05) is 0 Å². The van der Waals surface area contributed by atoms with E-state index in [0.717, 1.165) is 12.8 Å². The molecule has 1 saturated heterocycles. The summed E-state index contributed by atoms with van der Waals surface area (Å²) in [5.74, 6) is -5.74. The third-order valence-corrected chi connectivity index (χ3v) is 3.16. The monoisotopic (exact) mass is 289 g/mol. The van der Waals surface area contributed by atoms with Crippen LogP contribution in [0.25, 0.3) is 0 Å². The van der Waals surface area contributed by atoms with Gasteiger partial charge < -0.3 is 9.84 Å². The van der Waals surface area contributed by atoms with E-state index in [2.05, 4.69) is 5.32 Å². The fourth-order valence-corrected chi connectivity index (χ4v) is 2.14. The first-order valence-electron chi connectivity index (χ1n) is 6.21. The van der Waals surface area contributed by atoms with Gasteiger partial charge >= 0.3 is 5.97 Å². The predicted octanol–water partition coefficient (Wildman–Crippen LogP) is 2.00. The van der Waals surface area contributed by atoms with Crippen LogP contribution in [0.2, 0.25) is 0 Å². The van der Waals surface area contributed by atoms with Crippen LogP contribution >= 0.6 is 0 Å². The predicted molar refractivity (Wildman–Crippen MR) is 63.7 cm³/mol. The Hall–Kier alpha value is -1.60. The molecule has 2 unspecified atom stereocenters. The number of aliphatic carboxylic acids is 1. The zero-order valence-corrected chi connectivity index (χ0v) is 10.5. The van der Waals surface area contributed by atoms with Crippen molar-refractivity contribution in [2.75, 3.05) is 13.2 Å². The van der Waals surface area contributed by atoms with Gasteiger partial charge in [-0.2, -0.15) is 0 Å². The fraction of sp³-hybridized carbons (Fsp3) is 0.462. The minimum atomic E-state index is -1.61. The highest BCUT2D eigenvalue weighted by Gasteiger charge is 2.25. The second-order valence-electron chi connectivity index (χ2n) is 4.61. The molecule has 0 spiro atoms. The molecule has 2 N–H and O–H groups in total. The summed E-state index contributed by atoms with van der Waals surface area (Å²) in [7, 11) is 0. The topological polar surface area (TPSA) is 58.6 Å². The average molecular weight is 289 g/mol. The molecule has 1 aromatic carbocycles. The molecule has 1 fully saturated rings. The van der Waals surface area contributed by atoms with Crippen molar-refractivity contribution in [3.63, 3.8) is 0 Å². The average Bonchev–Trinajstić information content (AvgIpc) is 2.88. The maximum absolute atomic E-state index is 13.1. The van der Waals surface area contributed by atoms with Crippen molar-refractivity contribution >= 4 is 5.97 Å². The Kier molecular flexibility index (Phi) is 4.61. The highest BCUT2D eigenvalue weighted by atomic mass is 19.2. The summed E-state index contributed by atoms with van der Waals surface area (Å²) >= 11 is 0. The largest absolute Gasteiger partial charge is 0.480 e. The number of nitrogens with one attached hydrogen (secondary N) is 1. The minimum absolute atomic E-state index is 0.119. The molecule has 1 aliphatic heterocycles. The van der Waals surface area contributed by atoms with E-state index in [9.17, 15) is 18.0 Å². The van der Waals surface area contributed by atoms with E-state index in [1.165, 1.54) is 0 Å². The molecule has 1 heterocycles. The maximum Gasteiger partial charge on any atom is 0.325 e. The van der Waals surface area contributed by atoms with Crippen LogP contribution in [0.15, 0.2) is 12.1 Å². The summed E-state index contributed by atoms with van der Waals surface area (Å²) < 4.78 is 44.5. The van der Waals surface area contributed by atoms with Crippen LogP contribution < -0.4 is 5.32 Å². The molecule has 1 aliphatic rings. The number of ether oxygens (including phenoxy) is 1. The number of benzene rings is 1. The number of halogens is 3. The zero-order chi connectivity index (χ0) is 14.7. The van der Waals surface area contributed by atoms with Gasteiger partial charge in [0.15, 0.2) is 17.5 Å². The maximum atomic E-state index is 13.1. The second kappa shape index (κ2) is 6.23. The van der Waals surface area contributed by atoms with Crippen LogP contribution in [-0.4, -0.2) is 30.3 Å². The molecule has 20 heavy (non-hydrogen) atoms. The van der Waals surface area contributed by atoms with Crippen molar-refractivity contribution in [1.29, 1.82) is 0 Å². The van der Waals surface area contributed by atoms with Gasteiger partial charge in [0.05, 0.1) is 6.10 Å². The SMILES string of the molecule is O=C(O)C(NCC1CCCO1)c1cc(F)c(F)c(F)c1. The van der Waals surface area contributed by atoms with Crippen LogP contribution in [0.1, 0.15) is 24.4 Å². The molecule has 4 nitrogen and oxygen atoms in total. The Morgan fingerprint density at radius 1 is 1.40 bits per heavy atom. The van der Waals surface area contributed by atoms with Crippen molar-refractivity contribution in [2.24, 2.45) is 0 Å². The summed E-state index contributed by atoms with van der Waals surface area (Å²) in [6.45, 7) is 0.863. The number of carboxylic acid groups (broad SMARTS) is 1. The minimum Gasteiger partial charge on any atom is -0.480 e. The summed E-state index contributed by atoms with van der Waals surface area (Å²) in [6, 6.07) is 0.0446. The van der Waals surface area contributed by atoms with Gasteiger partial charge in [-0.1, -0.05) is 0 Å². The van der Waals surface area contributed by atoms with E-state index in [-0.39, 0.29) is 18.2 Å². The standard InChI is InChI=1S/C13H14F3NO3/c14-9-4-7(5-10(15)11(9)16)12(13(18)19)17-6-8-2-1-3-20-8/h4-5,8,12,17H,1-3,6H2,(H,18,19). The Morgan fingerprint density at radius 3 is 2.55 bits per heavy atom. The number of carboxylic acids is 1. The highest BCUT2D eigenvalue weighted by molar-refractivity contribution is 5.75. The summed E-state index contributed by atoms with van der Waals surface area (Å²) in [5, 5.41) is 11.8. The molecule has 110 valence electrons. The van der Waals surface area contributed by atoms with Crippen LogP contribution in [0.5, 0.6) is 0 Å². The number of rotatable bonds is 5. The van der Waals surface area contributed by atoms with Gasteiger partial charge in [0.1, 0.15) is 6.04 Å². The van der Waals surface area contributed by atoms with Crippen LogP contribution in [0.3, 0.4) is 0 Å². The van der Waals surface area contributed by atoms with Crippen molar-refractivity contribution < 1.29 is 27.8 Å². The Bertz CT molecular complexity index is 481. The van der Waals surface area contributed by atoms with E-state index < -0.39 is 29.5 Å². The Morgan fingerprint density at radius 2 is 2.05 bits per heavy atom. The smallest absolute Gasteiger partial charge is 0.325 e. The van der Waals surface area contributed by atoms with Crippen LogP contribution in [-0.2, 0) is 9.53 Å². The molecule has 0 saturated carbocycles. The molecule has 0 bridgehead atoms. The van der Waals surface area contributed by atoms with Gasteiger partial charge in [0.25, 0.3) is 0 Å². The Labute approximate surface area is 113 Å². The van der Waals surface area contributed by atoms with Crippen molar-refractivity contribution in [3.05, 3.63) is 35.1 Å². The molecule has 0 amide bonds. The lowest BCUT2D eigenvalue weighted by atomic mass is 10.1. The lowest BCUT2D eigenvalue weighted by Crippen LogP contribution is -2.34. The first kappa shape index (κ1) is 14.8. The van der Waals surface area contributed by atoms with Gasteiger partial charge in [0, 0.05) is 13.2 Å². The van der Waals surface area contributed by atoms with E-state index in [0.29, 0.717) is 18.7 Å². The lowest BCUT2D eigenvalue weighted by molar-refractivity contribution is -0.139. The number of hydrogen-bond donors (Lipinski definition) is 2. The molecule has 0 radical (unpaired) electrons. The molecule has 0 aromatic heterocycles. The summed E-state index contributed by atoms with van der Waals surface area (Å²) in [6.07, 6.45) is 1.57. The normalized spacial score (nSPS) is 20.1. The summed E-state index contributed by atoms with van der Waals surface area (Å²) in [4.78, 5) is 11.2. The third-order valence-electron chi connectivity index (χ3n) is 3.16. The van der Waals surface area contributed by atoms with E-state index in [1.54, 1.807) is 0 Å². The summed E-state index contributed by atoms with van der Waals surface area (Å²) in [5.41, 5.74) is -0.174. The molecule has 0 aliphatic carbocycles. The van der Waals surface area contributed by atoms with E-state index in [4.69, 9.17) is 9.84 Å². The molecule has 2 atom stereocenters. The quantitative estimate of drug-likeness (QED) is 0.814. The molecular formula is C13H14F3NO3. The van der Waals surface area contributed by atoms with E-state index >= 15 is 0 Å². The molecule has 1 aromatic rings. The van der Waals surface area contributed by atoms with Crippen LogP contribution in [0, 0.1) is 17.5 Å².